The number of nitrogens with zero attached hydrogens (tertiary/aromatic N) is 2. The fourth-order valence-corrected chi connectivity index (χ4v) is 3.60. The summed E-state index contributed by atoms with van der Waals surface area (Å²) in [6, 6.07) is 15.6. The highest BCUT2D eigenvalue weighted by molar-refractivity contribution is 6.18. The maximum Gasteiger partial charge on any atom is 0.259 e. The maximum absolute atomic E-state index is 13.3. The summed E-state index contributed by atoms with van der Waals surface area (Å²) in [5.41, 5.74) is 2.11. The van der Waals surface area contributed by atoms with Gasteiger partial charge in [0.05, 0.1) is 11.3 Å². The standard InChI is InChI=1S/C23H27N3O3/c1-16(2)24-21(27)20-23(29)25(3)19-14-8-7-13-18(19)22(28)26(20)15-9-12-17-10-5-4-6-11-17/h4-8,10-11,13-14,16,20H,9,12,15H2,1-3H3,(H,24,27). The lowest BCUT2D eigenvalue weighted by molar-refractivity contribution is -0.134. The summed E-state index contributed by atoms with van der Waals surface area (Å²) in [6.45, 7) is 3.98. The molecular formula is C23H27N3O3. The number of hydrogen-bond acceptors (Lipinski definition) is 3. The molecule has 0 fully saturated rings. The summed E-state index contributed by atoms with van der Waals surface area (Å²) in [5, 5.41) is 2.80. The molecule has 1 unspecified atom stereocenters. The number of aryl methyl sites for hydroxylation is 1. The van der Waals surface area contributed by atoms with Crippen LogP contribution in [0, 0.1) is 0 Å². The van der Waals surface area contributed by atoms with Crippen LogP contribution in [-0.2, 0) is 16.0 Å². The highest BCUT2D eigenvalue weighted by Gasteiger charge is 2.42. The average Bonchev–Trinajstić information content (AvgIpc) is 2.78. The lowest BCUT2D eigenvalue weighted by atomic mass is 10.1. The van der Waals surface area contributed by atoms with Gasteiger partial charge in [0.15, 0.2) is 6.04 Å². The zero-order chi connectivity index (χ0) is 21.0. The number of rotatable bonds is 6. The fourth-order valence-electron chi connectivity index (χ4n) is 3.60. The van der Waals surface area contributed by atoms with E-state index in [1.165, 1.54) is 9.80 Å². The van der Waals surface area contributed by atoms with Crippen molar-refractivity contribution in [1.29, 1.82) is 0 Å². The predicted octanol–water partition coefficient (Wildman–Crippen LogP) is 2.63. The van der Waals surface area contributed by atoms with Crippen LogP contribution < -0.4 is 10.2 Å². The van der Waals surface area contributed by atoms with E-state index in [1.54, 1.807) is 31.3 Å². The molecule has 152 valence electrons. The first-order chi connectivity index (χ1) is 13.9. The Morgan fingerprint density at radius 2 is 1.69 bits per heavy atom. The normalized spacial score (nSPS) is 16.6. The number of anilines is 1. The van der Waals surface area contributed by atoms with Gasteiger partial charge in [-0.05, 0) is 44.4 Å². The monoisotopic (exact) mass is 393 g/mol. The molecule has 2 aromatic rings. The Balaban J connectivity index is 1.91. The van der Waals surface area contributed by atoms with E-state index >= 15 is 0 Å². The van der Waals surface area contributed by atoms with Crippen LogP contribution in [0.25, 0.3) is 0 Å². The Hall–Kier alpha value is -3.15. The number of likely N-dealkylation sites (N-methyl/N-ethyl adjacent to an activating group) is 1. The van der Waals surface area contributed by atoms with E-state index in [0.717, 1.165) is 12.0 Å². The van der Waals surface area contributed by atoms with Crippen molar-refractivity contribution in [3.8, 4) is 0 Å². The van der Waals surface area contributed by atoms with Crippen molar-refractivity contribution in [1.82, 2.24) is 10.2 Å². The number of para-hydroxylation sites is 1. The molecule has 0 bridgehead atoms. The van der Waals surface area contributed by atoms with Crippen LogP contribution in [0.5, 0.6) is 0 Å². The largest absolute Gasteiger partial charge is 0.352 e. The summed E-state index contributed by atoms with van der Waals surface area (Å²) in [6.07, 6.45) is 1.41. The summed E-state index contributed by atoms with van der Waals surface area (Å²) >= 11 is 0. The number of carbonyl (C=O) groups is 3. The third-order valence-electron chi connectivity index (χ3n) is 5.02. The molecule has 29 heavy (non-hydrogen) atoms. The van der Waals surface area contributed by atoms with Gasteiger partial charge in [0, 0.05) is 19.6 Å². The quantitative estimate of drug-likeness (QED) is 0.767. The first kappa shape index (κ1) is 20.6. The molecule has 6 heteroatoms. The van der Waals surface area contributed by atoms with Crippen molar-refractivity contribution < 1.29 is 14.4 Å². The zero-order valence-electron chi connectivity index (χ0n) is 17.1. The van der Waals surface area contributed by atoms with Crippen molar-refractivity contribution in [3.05, 3.63) is 65.7 Å². The molecule has 1 aliphatic heterocycles. The Bertz CT molecular complexity index is 895. The number of benzene rings is 2. The molecule has 3 amide bonds. The Morgan fingerprint density at radius 1 is 1.03 bits per heavy atom. The maximum atomic E-state index is 13.3. The van der Waals surface area contributed by atoms with E-state index in [2.05, 4.69) is 5.32 Å². The van der Waals surface area contributed by atoms with Crippen molar-refractivity contribution in [2.24, 2.45) is 0 Å². The molecule has 0 spiro atoms. The van der Waals surface area contributed by atoms with Gasteiger partial charge < -0.3 is 15.1 Å². The second-order valence-corrected chi connectivity index (χ2v) is 7.57. The average molecular weight is 393 g/mol. The molecule has 1 atom stereocenters. The number of amides is 3. The van der Waals surface area contributed by atoms with Crippen LogP contribution in [-0.4, -0.2) is 48.3 Å². The van der Waals surface area contributed by atoms with Crippen molar-refractivity contribution in [3.63, 3.8) is 0 Å². The molecule has 0 saturated carbocycles. The first-order valence-corrected chi connectivity index (χ1v) is 9.92. The van der Waals surface area contributed by atoms with Crippen molar-refractivity contribution in [2.75, 3.05) is 18.5 Å². The minimum Gasteiger partial charge on any atom is -0.352 e. The van der Waals surface area contributed by atoms with E-state index in [4.69, 9.17) is 0 Å². The predicted molar refractivity (Wildman–Crippen MR) is 113 cm³/mol. The van der Waals surface area contributed by atoms with Gasteiger partial charge >= 0.3 is 0 Å². The summed E-state index contributed by atoms with van der Waals surface area (Å²) in [4.78, 5) is 42.3. The molecule has 6 nitrogen and oxygen atoms in total. The lowest BCUT2D eigenvalue weighted by Crippen LogP contribution is -2.57. The molecule has 1 heterocycles. The molecule has 0 aromatic heterocycles. The number of carbonyl (C=O) groups excluding carboxylic acids is 3. The topological polar surface area (TPSA) is 69.7 Å². The van der Waals surface area contributed by atoms with Gasteiger partial charge in [-0.15, -0.1) is 0 Å². The van der Waals surface area contributed by atoms with E-state index < -0.39 is 17.9 Å². The van der Waals surface area contributed by atoms with Crippen molar-refractivity contribution >= 4 is 23.4 Å². The summed E-state index contributed by atoms with van der Waals surface area (Å²) in [7, 11) is 1.61. The van der Waals surface area contributed by atoms with Gasteiger partial charge in [-0.25, -0.2) is 0 Å². The Kier molecular flexibility index (Phi) is 6.32. The SMILES string of the molecule is CC(C)NC(=O)C1C(=O)N(C)c2ccccc2C(=O)N1CCCc1ccccc1. The second-order valence-electron chi connectivity index (χ2n) is 7.57. The van der Waals surface area contributed by atoms with E-state index in [-0.39, 0.29) is 11.9 Å². The molecule has 1 aliphatic rings. The van der Waals surface area contributed by atoms with Crippen LogP contribution in [0.2, 0.25) is 0 Å². The highest BCUT2D eigenvalue weighted by Crippen LogP contribution is 2.27. The minimum absolute atomic E-state index is 0.132. The molecule has 2 aromatic carbocycles. The molecule has 0 aliphatic carbocycles. The number of fused-ring (bicyclic) bond motifs is 1. The van der Waals surface area contributed by atoms with E-state index in [0.29, 0.717) is 24.2 Å². The zero-order valence-corrected chi connectivity index (χ0v) is 17.1. The van der Waals surface area contributed by atoms with Crippen LogP contribution >= 0.6 is 0 Å². The molecule has 1 N–H and O–H groups in total. The lowest BCUT2D eigenvalue weighted by Gasteiger charge is -2.29. The van der Waals surface area contributed by atoms with Gasteiger partial charge in [-0.3, -0.25) is 14.4 Å². The minimum atomic E-state index is -1.18. The molecular weight excluding hydrogens is 366 g/mol. The third kappa shape index (κ3) is 4.47. The van der Waals surface area contributed by atoms with E-state index in [9.17, 15) is 14.4 Å². The smallest absolute Gasteiger partial charge is 0.259 e. The Morgan fingerprint density at radius 3 is 2.38 bits per heavy atom. The van der Waals surface area contributed by atoms with Crippen LogP contribution in [0.15, 0.2) is 54.6 Å². The summed E-state index contributed by atoms with van der Waals surface area (Å²) in [5.74, 6) is -1.14. The van der Waals surface area contributed by atoms with Gasteiger partial charge in [-0.1, -0.05) is 42.5 Å². The highest BCUT2D eigenvalue weighted by atomic mass is 16.2. The molecule has 0 radical (unpaired) electrons. The van der Waals surface area contributed by atoms with E-state index in [1.807, 2.05) is 44.2 Å². The molecule has 0 saturated heterocycles. The van der Waals surface area contributed by atoms with Crippen LogP contribution in [0.4, 0.5) is 5.69 Å². The van der Waals surface area contributed by atoms with Gasteiger partial charge in [0.2, 0.25) is 0 Å². The van der Waals surface area contributed by atoms with Crippen LogP contribution in [0.3, 0.4) is 0 Å². The van der Waals surface area contributed by atoms with Gasteiger partial charge in [-0.2, -0.15) is 0 Å². The fraction of sp³-hybridized carbons (Fsp3) is 0.348. The second kappa shape index (κ2) is 8.90. The van der Waals surface area contributed by atoms with Gasteiger partial charge in [0.1, 0.15) is 0 Å². The number of nitrogens with one attached hydrogen (secondary N) is 1. The molecule has 3 rings (SSSR count). The van der Waals surface area contributed by atoms with Crippen LogP contribution in [0.1, 0.15) is 36.2 Å². The third-order valence-corrected chi connectivity index (χ3v) is 5.02. The van der Waals surface area contributed by atoms with Crippen molar-refractivity contribution in [2.45, 2.75) is 38.8 Å². The first-order valence-electron chi connectivity index (χ1n) is 9.92. The summed E-state index contributed by atoms with van der Waals surface area (Å²) < 4.78 is 0. The number of hydrogen-bond donors (Lipinski definition) is 1. The Labute approximate surface area is 171 Å². The van der Waals surface area contributed by atoms with Gasteiger partial charge in [0.25, 0.3) is 17.7 Å².